The van der Waals surface area contributed by atoms with Gasteiger partial charge in [-0.3, -0.25) is 19.7 Å². The van der Waals surface area contributed by atoms with Crippen LogP contribution in [0.25, 0.3) is 0 Å². The van der Waals surface area contributed by atoms with E-state index >= 15 is 0 Å². The molecule has 34 heavy (non-hydrogen) atoms. The van der Waals surface area contributed by atoms with Crippen molar-refractivity contribution in [2.45, 2.75) is 75.7 Å². The highest BCUT2D eigenvalue weighted by molar-refractivity contribution is 6.05. The average Bonchev–Trinajstić information content (AvgIpc) is 3.15. The van der Waals surface area contributed by atoms with Gasteiger partial charge in [-0.15, -0.1) is 0 Å². The quantitative estimate of drug-likeness (QED) is 0.668. The van der Waals surface area contributed by atoms with Crippen LogP contribution < -0.4 is 5.32 Å². The SMILES string of the molecule is CO[C@@H]1CC[C@@H](CN2CCC(c3ccc4c(c3)CN(C3CCC(=O)NC3=O)C4=O)CC2)C[C@H]1F. The van der Waals surface area contributed by atoms with Crippen LogP contribution in [0.15, 0.2) is 18.2 Å². The fourth-order valence-corrected chi connectivity index (χ4v) is 6.26. The Labute approximate surface area is 200 Å². The van der Waals surface area contributed by atoms with Gasteiger partial charge in [0.2, 0.25) is 11.8 Å². The van der Waals surface area contributed by atoms with E-state index in [1.807, 2.05) is 6.07 Å². The molecule has 5 rings (SSSR count). The number of fused-ring (bicyclic) bond motifs is 1. The number of carbonyl (C=O) groups excluding carboxylic acids is 3. The zero-order chi connectivity index (χ0) is 23.8. The molecule has 3 fully saturated rings. The largest absolute Gasteiger partial charge is 0.378 e. The summed E-state index contributed by atoms with van der Waals surface area (Å²) in [6.45, 7) is 3.39. The Hall–Kier alpha value is -2.32. The first kappa shape index (κ1) is 23.4. The molecule has 3 amide bonds. The number of methoxy groups -OCH3 is 1. The third-order valence-corrected chi connectivity index (χ3v) is 8.25. The van der Waals surface area contributed by atoms with Crippen LogP contribution in [0.3, 0.4) is 0 Å². The molecule has 8 heteroatoms. The number of nitrogens with zero attached hydrogens (tertiary/aromatic N) is 2. The maximum Gasteiger partial charge on any atom is 0.255 e. The van der Waals surface area contributed by atoms with Crippen molar-refractivity contribution in [1.82, 2.24) is 15.1 Å². The molecule has 0 radical (unpaired) electrons. The summed E-state index contributed by atoms with van der Waals surface area (Å²) in [4.78, 5) is 40.7. The summed E-state index contributed by atoms with van der Waals surface area (Å²) in [5, 5.41) is 2.35. The van der Waals surface area contributed by atoms with Gasteiger partial charge >= 0.3 is 0 Å². The van der Waals surface area contributed by atoms with Crippen LogP contribution in [0.2, 0.25) is 0 Å². The van der Waals surface area contributed by atoms with E-state index in [4.69, 9.17) is 4.74 Å². The Morgan fingerprint density at radius 1 is 1.09 bits per heavy atom. The Balaban J connectivity index is 1.16. The molecule has 4 aliphatic rings. The van der Waals surface area contributed by atoms with Gasteiger partial charge in [0.25, 0.3) is 5.91 Å². The first-order valence-corrected chi connectivity index (χ1v) is 12.6. The molecule has 1 unspecified atom stereocenters. The number of piperidine rings is 2. The van der Waals surface area contributed by atoms with Crippen LogP contribution in [-0.4, -0.2) is 72.6 Å². The number of hydrogen-bond donors (Lipinski definition) is 1. The molecule has 7 nitrogen and oxygen atoms in total. The van der Waals surface area contributed by atoms with Gasteiger partial charge in [-0.2, -0.15) is 0 Å². The number of halogens is 1. The third-order valence-electron chi connectivity index (χ3n) is 8.25. The van der Waals surface area contributed by atoms with E-state index in [2.05, 4.69) is 22.3 Å². The molecule has 3 aliphatic heterocycles. The Morgan fingerprint density at radius 2 is 1.88 bits per heavy atom. The highest BCUT2D eigenvalue weighted by atomic mass is 19.1. The van der Waals surface area contributed by atoms with Crippen molar-refractivity contribution in [3.05, 3.63) is 34.9 Å². The summed E-state index contributed by atoms with van der Waals surface area (Å²) in [6, 6.07) is 5.53. The summed E-state index contributed by atoms with van der Waals surface area (Å²) >= 11 is 0. The minimum absolute atomic E-state index is 0.125. The fourth-order valence-electron chi connectivity index (χ4n) is 6.26. The second kappa shape index (κ2) is 9.74. The predicted molar refractivity (Wildman–Crippen MR) is 124 cm³/mol. The van der Waals surface area contributed by atoms with Crippen LogP contribution in [0, 0.1) is 5.92 Å². The van der Waals surface area contributed by atoms with Crippen molar-refractivity contribution in [2.24, 2.45) is 5.92 Å². The molecular formula is C26H34FN3O4. The van der Waals surface area contributed by atoms with E-state index in [0.29, 0.717) is 36.8 Å². The van der Waals surface area contributed by atoms with E-state index in [1.54, 1.807) is 12.0 Å². The Bertz CT molecular complexity index is 961. The number of alkyl halides is 1. The monoisotopic (exact) mass is 471 g/mol. The van der Waals surface area contributed by atoms with Crippen molar-refractivity contribution in [1.29, 1.82) is 0 Å². The van der Waals surface area contributed by atoms with E-state index in [-0.39, 0.29) is 30.2 Å². The lowest BCUT2D eigenvalue weighted by atomic mass is 9.84. The molecule has 2 saturated heterocycles. The van der Waals surface area contributed by atoms with Crippen LogP contribution in [0.1, 0.15) is 72.3 Å². The highest BCUT2D eigenvalue weighted by Gasteiger charge is 2.39. The van der Waals surface area contributed by atoms with E-state index in [1.165, 1.54) is 5.56 Å². The number of likely N-dealkylation sites (tertiary alicyclic amines) is 1. The van der Waals surface area contributed by atoms with Gasteiger partial charge in [0, 0.05) is 32.2 Å². The zero-order valence-electron chi connectivity index (χ0n) is 19.8. The first-order chi connectivity index (χ1) is 16.4. The lowest BCUT2D eigenvalue weighted by Gasteiger charge is -2.37. The van der Waals surface area contributed by atoms with Crippen molar-refractivity contribution in [2.75, 3.05) is 26.7 Å². The van der Waals surface area contributed by atoms with Gasteiger partial charge < -0.3 is 14.5 Å². The van der Waals surface area contributed by atoms with Crippen molar-refractivity contribution in [3.63, 3.8) is 0 Å². The fraction of sp³-hybridized carbons (Fsp3) is 0.654. The summed E-state index contributed by atoms with van der Waals surface area (Å²) in [7, 11) is 1.60. The van der Waals surface area contributed by atoms with Gasteiger partial charge in [-0.05, 0) is 80.6 Å². The maximum absolute atomic E-state index is 14.2. The maximum atomic E-state index is 14.2. The van der Waals surface area contributed by atoms with Gasteiger partial charge in [0.1, 0.15) is 12.2 Å². The van der Waals surface area contributed by atoms with Crippen molar-refractivity contribution < 1.29 is 23.5 Å². The Kier molecular flexibility index (Phi) is 6.71. The summed E-state index contributed by atoms with van der Waals surface area (Å²) in [5.41, 5.74) is 2.89. The van der Waals surface area contributed by atoms with E-state index in [0.717, 1.165) is 50.9 Å². The molecule has 4 atom stereocenters. The molecule has 0 spiro atoms. The predicted octanol–water partition coefficient (Wildman–Crippen LogP) is 2.78. The second-order valence-electron chi connectivity index (χ2n) is 10.4. The number of carbonyl (C=O) groups is 3. The molecule has 1 aromatic rings. The number of hydrogen-bond acceptors (Lipinski definition) is 5. The number of benzene rings is 1. The zero-order valence-corrected chi connectivity index (χ0v) is 19.8. The first-order valence-electron chi connectivity index (χ1n) is 12.6. The number of amides is 3. The second-order valence-corrected chi connectivity index (χ2v) is 10.4. The molecular weight excluding hydrogens is 437 g/mol. The molecule has 1 N–H and O–H groups in total. The molecule has 1 saturated carbocycles. The number of ether oxygens (including phenoxy) is 1. The van der Waals surface area contributed by atoms with Crippen LogP contribution in [0.4, 0.5) is 4.39 Å². The van der Waals surface area contributed by atoms with Crippen LogP contribution in [0.5, 0.6) is 0 Å². The number of rotatable bonds is 5. The topological polar surface area (TPSA) is 79.0 Å². The van der Waals surface area contributed by atoms with Gasteiger partial charge in [-0.25, -0.2) is 4.39 Å². The Morgan fingerprint density at radius 3 is 2.59 bits per heavy atom. The smallest absolute Gasteiger partial charge is 0.255 e. The summed E-state index contributed by atoms with van der Waals surface area (Å²) in [5.74, 6) is 0.0768. The highest BCUT2D eigenvalue weighted by Crippen LogP contribution is 2.35. The van der Waals surface area contributed by atoms with Gasteiger partial charge in [-0.1, -0.05) is 12.1 Å². The average molecular weight is 472 g/mol. The minimum Gasteiger partial charge on any atom is -0.378 e. The van der Waals surface area contributed by atoms with Crippen LogP contribution in [-0.2, 0) is 20.9 Å². The molecule has 1 aliphatic carbocycles. The molecule has 0 aromatic heterocycles. The third kappa shape index (κ3) is 4.62. The van der Waals surface area contributed by atoms with E-state index < -0.39 is 12.2 Å². The van der Waals surface area contributed by atoms with Gasteiger partial charge in [0.15, 0.2) is 0 Å². The summed E-state index contributed by atoms with van der Waals surface area (Å²) < 4.78 is 19.5. The molecule has 1 aromatic carbocycles. The lowest BCUT2D eigenvalue weighted by molar-refractivity contribution is -0.136. The van der Waals surface area contributed by atoms with Crippen molar-refractivity contribution in [3.8, 4) is 0 Å². The van der Waals surface area contributed by atoms with Gasteiger partial charge in [0.05, 0.1) is 6.10 Å². The van der Waals surface area contributed by atoms with E-state index in [9.17, 15) is 18.8 Å². The molecule has 184 valence electrons. The molecule has 3 heterocycles. The van der Waals surface area contributed by atoms with Crippen molar-refractivity contribution >= 4 is 17.7 Å². The number of nitrogens with one attached hydrogen (secondary N) is 1. The minimum atomic E-state index is -0.852. The van der Waals surface area contributed by atoms with Crippen LogP contribution >= 0.6 is 0 Å². The number of imide groups is 1. The molecule has 0 bridgehead atoms. The summed E-state index contributed by atoms with van der Waals surface area (Å²) in [6.07, 6.45) is 4.10. The standard InChI is InChI=1S/C26H34FN3O4/c1-34-23-6-2-16(12-21(23)27)14-29-10-8-17(9-11-29)18-3-4-20-19(13-18)15-30(26(20)33)22-5-7-24(31)28-25(22)32/h3-4,13,16-17,21-23H,2,5-12,14-15H2,1H3,(H,28,31,32)/t16-,21-,22?,23-/m1/s1. The normalized spacial score (nSPS) is 31.0. The lowest BCUT2D eigenvalue weighted by Crippen LogP contribution is -2.52.